The number of nitrogens with zero attached hydrogens (tertiary/aromatic N) is 3. The number of hydrogen-bond acceptors (Lipinski definition) is 4. The molecule has 0 spiro atoms. The average molecular weight is 411 g/mol. The molecule has 0 saturated carbocycles. The number of alkyl halides is 3. The van der Waals surface area contributed by atoms with Crippen molar-refractivity contribution in [2.24, 2.45) is 0 Å². The molecule has 1 aromatic carbocycles. The molecule has 1 aliphatic rings. The van der Waals surface area contributed by atoms with Crippen LogP contribution >= 0.6 is 15.9 Å². The van der Waals surface area contributed by atoms with Crippen LogP contribution < -0.4 is 10.2 Å². The maximum Gasteiger partial charge on any atom is 0.417 e. The highest BCUT2D eigenvalue weighted by Gasteiger charge is 2.31. The molecule has 1 fully saturated rings. The van der Waals surface area contributed by atoms with Crippen molar-refractivity contribution in [3.63, 3.8) is 0 Å². The lowest BCUT2D eigenvalue weighted by Gasteiger charge is -2.20. The first-order chi connectivity index (χ1) is 11.9. The van der Waals surface area contributed by atoms with Crippen molar-refractivity contribution in [3.8, 4) is 6.07 Å². The Morgan fingerprint density at radius 1 is 1.28 bits per heavy atom. The Hall–Kier alpha value is -2.27. The van der Waals surface area contributed by atoms with E-state index in [4.69, 9.17) is 0 Å². The molecule has 1 saturated heterocycles. The third kappa shape index (κ3) is 4.04. The molecule has 1 unspecified atom stereocenters. The molecule has 130 valence electrons. The van der Waals surface area contributed by atoms with Gasteiger partial charge in [0.05, 0.1) is 16.8 Å². The van der Waals surface area contributed by atoms with Gasteiger partial charge in [-0.25, -0.2) is 4.98 Å². The van der Waals surface area contributed by atoms with Gasteiger partial charge in [0, 0.05) is 29.8 Å². The van der Waals surface area contributed by atoms with Gasteiger partial charge in [-0.15, -0.1) is 0 Å². The standard InChI is InChI=1S/C17H14BrF3N4/c18-13-2-3-15(11(7-13)8-22)25-6-5-14(10-25)24-16-4-1-12(9-23-16)17(19,20)21/h1-4,7,9,14H,5-6,10H2,(H,23,24). The number of nitriles is 1. The van der Waals surface area contributed by atoms with Gasteiger partial charge in [0.1, 0.15) is 11.9 Å². The van der Waals surface area contributed by atoms with Crippen LogP contribution in [0.1, 0.15) is 17.5 Å². The second-order valence-electron chi connectivity index (χ2n) is 5.78. The topological polar surface area (TPSA) is 52.0 Å². The van der Waals surface area contributed by atoms with E-state index in [0.717, 1.165) is 35.4 Å². The van der Waals surface area contributed by atoms with Crippen molar-refractivity contribution in [1.82, 2.24) is 4.98 Å². The van der Waals surface area contributed by atoms with E-state index in [2.05, 4.69) is 37.2 Å². The first kappa shape index (κ1) is 17.5. The minimum atomic E-state index is -4.38. The van der Waals surface area contributed by atoms with Crippen LogP contribution in [0.2, 0.25) is 0 Å². The lowest BCUT2D eigenvalue weighted by Crippen LogP contribution is -2.26. The normalized spacial score (nSPS) is 17.4. The van der Waals surface area contributed by atoms with Crippen molar-refractivity contribution in [3.05, 3.63) is 52.1 Å². The highest BCUT2D eigenvalue weighted by molar-refractivity contribution is 9.10. The van der Waals surface area contributed by atoms with Gasteiger partial charge in [-0.2, -0.15) is 18.4 Å². The molecule has 0 radical (unpaired) electrons. The highest BCUT2D eigenvalue weighted by atomic mass is 79.9. The molecular weight excluding hydrogens is 397 g/mol. The molecule has 2 aromatic rings. The summed E-state index contributed by atoms with van der Waals surface area (Å²) >= 11 is 3.35. The first-order valence-electron chi connectivity index (χ1n) is 7.61. The molecule has 3 rings (SSSR count). The van der Waals surface area contributed by atoms with Crippen molar-refractivity contribution in [1.29, 1.82) is 5.26 Å². The molecule has 2 heterocycles. The third-order valence-electron chi connectivity index (χ3n) is 4.05. The van der Waals surface area contributed by atoms with Crippen LogP contribution in [0.4, 0.5) is 24.7 Å². The number of rotatable bonds is 3. The summed E-state index contributed by atoms with van der Waals surface area (Å²) in [7, 11) is 0. The lowest BCUT2D eigenvalue weighted by molar-refractivity contribution is -0.137. The van der Waals surface area contributed by atoms with Crippen molar-refractivity contribution >= 4 is 27.4 Å². The minimum Gasteiger partial charge on any atom is -0.368 e. The summed E-state index contributed by atoms with van der Waals surface area (Å²) in [6.45, 7) is 1.41. The van der Waals surface area contributed by atoms with Gasteiger partial charge >= 0.3 is 6.18 Å². The summed E-state index contributed by atoms with van der Waals surface area (Å²) in [5.74, 6) is 0.413. The van der Waals surface area contributed by atoms with E-state index in [1.165, 1.54) is 6.07 Å². The van der Waals surface area contributed by atoms with Gasteiger partial charge in [-0.1, -0.05) is 15.9 Å². The maximum absolute atomic E-state index is 12.6. The molecule has 8 heteroatoms. The monoisotopic (exact) mass is 410 g/mol. The van der Waals surface area contributed by atoms with Gasteiger partial charge in [-0.05, 0) is 36.8 Å². The van der Waals surface area contributed by atoms with E-state index in [1.54, 1.807) is 6.07 Å². The second kappa shape index (κ2) is 6.92. The smallest absolute Gasteiger partial charge is 0.368 e. The Bertz CT molecular complexity index is 799. The Morgan fingerprint density at radius 3 is 2.72 bits per heavy atom. The van der Waals surface area contributed by atoms with Crippen LogP contribution in [0, 0.1) is 11.3 Å². The van der Waals surface area contributed by atoms with Crippen LogP contribution in [-0.4, -0.2) is 24.1 Å². The molecule has 25 heavy (non-hydrogen) atoms. The van der Waals surface area contributed by atoms with Crippen molar-refractivity contribution in [2.75, 3.05) is 23.3 Å². The summed E-state index contributed by atoms with van der Waals surface area (Å²) in [5.41, 5.74) is 0.678. The lowest BCUT2D eigenvalue weighted by atomic mass is 10.2. The number of aromatic nitrogens is 1. The molecule has 1 aliphatic heterocycles. The Balaban J connectivity index is 1.67. The zero-order valence-electron chi connectivity index (χ0n) is 13.0. The Kier molecular flexibility index (Phi) is 4.86. The Labute approximate surface area is 151 Å². The number of pyridine rings is 1. The molecule has 0 amide bonds. The highest BCUT2D eigenvalue weighted by Crippen LogP contribution is 2.30. The van der Waals surface area contributed by atoms with Gasteiger partial charge in [0.25, 0.3) is 0 Å². The molecule has 1 aromatic heterocycles. The first-order valence-corrected chi connectivity index (χ1v) is 8.40. The molecule has 0 aliphatic carbocycles. The van der Waals surface area contributed by atoms with Crippen LogP contribution in [0.15, 0.2) is 41.0 Å². The third-order valence-corrected chi connectivity index (χ3v) is 4.54. The predicted molar refractivity (Wildman–Crippen MR) is 92.3 cm³/mol. The molecule has 1 atom stereocenters. The number of anilines is 2. The van der Waals surface area contributed by atoms with Crippen molar-refractivity contribution < 1.29 is 13.2 Å². The molecule has 4 nitrogen and oxygen atoms in total. The second-order valence-corrected chi connectivity index (χ2v) is 6.69. The van der Waals surface area contributed by atoms with Crippen LogP contribution in [0.25, 0.3) is 0 Å². The molecule has 1 N–H and O–H groups in total. The predicted octanol–water partition coefficient (Wildman–Crippen LogP) is 4.43. The van der Waals surface area contributed by atoms with E-state index in [0.29, 0.717) is 17.9 Å². The zero-order chi connectivity index (χ0) is 18.0. The van der Waals surface area contributed by atoms with Gasteiger partial charge < -0.3 is 10.2 Å². The number of benzene rings is 1. The number of nitrogens with one attached hydrogen (secondary N) is 1. The number of halogens is 4. The largest absolute Gasteiger partial charge is 0.417 e. The average Bonchev–Trinajstić information content (AvgIpc) is 3.02. The van der Waals surface area contributed by atoms with E-state index in [9.17, 15) is 18.4 Å². The Morgan fingerprint density at radius 2 is 2.08 bits per heavy atom. The summed E-state index contributed by atoms with van der Waals surface area (Å²) in [6.07, 6.45) is -2.74. The van der Waals surface area contributed by atoms with Crippen LogP contribution in [-0.2, 0) is 6.18 Å². The van der Waals surface area contributed by atoms with Crippen LogP contribution in [0.5, 0.6) is 0 Å². The fraction of sp³-hybridized carbons (Fsp3) is 0.294. The quantitative estimate of drug-likeness (QED) is 0.813. The fourth-order valence-corrected chi connectivity index (χ4v) is 3.19. The zero-order valence-corrected chi connectivity index (χ0v) is 14.6. The summed E-state index contributed by atoms with van der Waals surface area (Å²) in [5, 5.41) is 12.4. The summed E-state index contributed by atoms with van der Waals surface area (Å²) < 4.78 is 38.5. The maximum atomic E-state index is 12.6. The van der Waals surface area contributed by atoms with Gasteiger partial charge in [0.2, 0.25) is 0 Å². The van der Waals surface area contributed by atoms with E-state index in [-0.39, 0.29) is 6.04 Å². The SMILES string of the molecule is N#Cc1cc(Br)ccc1N1CCC(Nc2ccc(C(F)(F)F)cn2)C1. The number of hydrogen-bond donors (Lipinski definition) is 1. The molecular formula is C17H14BrF3N4. The van der Waals surface area contributed by atoms with Crippen LogP contribution in [0.3, 0.4) is 0 Å². The van der Waals surface area contributed by atoms with Crippen molar-refractivity contribution in [2.45, 2.75) is 18.6 Å². The molecule has 0 bridgehead atoms. The minimum absolute atomic E-state index is 0.0550. The summed E-state index contributed by atoms with van der Waals surface area (Å²) in [4.78, 5) is 5.93. The van der Waals surface area contributed by atoms with Gasteiger partial charge in [0.15, 0.2) is 0 Å². The van der Waals surface area contributed by atoms with E-state index in [1.807, 2.05) is 12.1 Å². The van der Waals surface area contributed by atoms with E-state index >= 15 is 0 Å². The van der Waals surface area contributed by atoms with E-state index < -0.39 is 11.7 Å². The fourth-order valence-electron chi connectivity index (χ4n) is 2.83. The van der Waals surface area contributed by atoms with Gasteiger partial charge in [-0.3, -0.25) is 0 Å². The summed E-state index contributed by atoms with van der Waals surface area (Å²) in [6, 6.07) is 10.1.